The van der Waals surface area contributed by atoms with Crippen LogP contribution in [0.15, 0.2) is 46.3 Å². The molecule has 0 radical (unpaired) electrons. The van der Waals surface area contributed by atoms with Gasteiger partial charge in [-0.3, -0.25) is 14.2 Å². The summed E-state index contributed by atoms with van der Waals surface area (Å²) in [6.45, 7) is 4.04. The van der Waals surface area contributed by atoms with Crippen LogP contribution in [-0.4, -0.2) is 33.3 Å². The fourth-order valence-electron chi connectivity index (χ4n) is 4.96. The van der Waals surface area contributed by atoms with Crippen molar-refractivity contribution in [1.29, 1.82) is 0 Å². The third-order valence-electron chi connectivity index (χ3n) is 6.60. The van der Waals surface area contributed by atoms with Crippen molar-refractivity contribution in [3.8, 4) is 11.4 Å². The number of fused-ring (bicyclic) bond motifs is 4. The summed E-state index contributed by atoms with van der Waals surface area (Å²) >= 11 is 4.29. The Labute approximate surface area is 231 Å². The average molecular weight is 563 g/mol. The summed E-state index contributed by atoms with van der Waals surface area (Å²) in [6, 6.07) is 11.7. The van der Waals surface area contributed by atoms with E-state index in [9.17, 15) is 9.59 Å². The molecular formula is C28H26N4O3S3. The number of ether oxygens (including phenoxy) is 1. The number of aryl methyl sites for hydroxylation is 4. The third-order valence-corrected chi connectivity index (χ3v) is 9.65. The summed E-state index contributed by atoms with van der Waals surface area (Å²) in [7, 11) is 1.62. The van der Waals surface area contributed by atoms with E-state index in [2.05, 4.69) is 16.4 Å². The molecule has 1 amide bonds. The molecule has 1 aliphatic rings. The van der Waals surface area contributed by atoms with Gasteiger partial charge in [0.1, 0.15) is 10.6 Å². The van der Waals surface area contributed by atoms with E-state index in [0.717, 1.165) is 74.2 Å². The molecule has 38 heavy (non-hydrogen) atoms. The molecule has 0 fully saturated rings. The molecule has 1 aliphatic carbocycles. The fraction of sp³-hybridized carbons (Fsp3) is 0.286. The number of thiophene rings is 1. The minimum absolute atomic E-state index is 0.0533. The number of thioether (sulfide) groups is 1. The Hall–Kier alpha value is -3.21. The molecule has 2 aromatic carbocycles. The monoisotopic (exact) mass is 562 g/mol. The second kappa shape index (κ2) is 10.2. The number of hydrogen-bond acceptors (Lipinski definition) is 8. The molecule has 1 N–H and O–H groups in total. The SMILES string of the molecule is COc1ccc2nc(NC(=O)CSc3nc4sc5c(c4c(=O)n3-c3cc(C)cc(C)c3)CCCC5)sc2c1. The van der Waals surface area contributed by atoms with Crippen molar-refractivity contribution in [2.45, 2.75) is 44.7 Å². The van der Waals surface area contributed by atoms with Crippen LogP contribution in [0.25, 0.3) is 26.1 Å². The molecular weight excluding hydrogens is 537 g/mol. The smallest absolute Gasteiger partial charge is 0.267 e. The molecule has 194 valence electrons. The van der Waals surface area contributed by atoms with E-state index >= 15 is 0 Å². The maximum absolute atomic E-state index is 14.0. The van der Waals surface area contributed by atoms with Crippen LogP contribution < -0.4 is 15.6 Å². The highest BCUT2D eigenvalue weighted by molar-refractivity contribution is 7.99. The zero-order valence-corrected chi connectivity index (χ0v) is 23.7. The van der Waals surface area contributed by atoms with Gasteiger partial charge in [-0.05, 0) is 86.6 Å². The summed E-state index contributed by atoms with van der Waals surface area (Å²) in [5, 5.41) is 4.69. The van der Waals surface area contributed by atoms with Crippen molar-refractivity contribution >= 4 is 65.9 Å². The first kappa shape index (κ1) is 25.1. The molecule has 0 aliphatic heterocycles. The highest BCUT2D eigenvalue weighted by atomic mass is 32.2. The van der Waals surface area contributed by atoms with E-state index in [4.69, 9.17) is 9.72 Å². The van der Waals surface area contributed by atoms with Crippen LogP contribution in [0.2, 0.25) is 0 Å². The number of carbonyl (C=O) groups is 1. The number of amides is 1. The van der Waals surface area contributed by atoms with Crippen molar-refractivity contribution < 1.29 is 9.53 Å². The Morgan fingerprint density at radius 3 is 2.66 bits per heavy atom. The highest BCUT2D eigenvalue weighted by Crippen LogP contribution is 2.35. The summed E-state index contributed by atoms with van der Waals surface area (Å²) in [4.78, 5) is 38.4. The van der Waals surface area contributed by atoms with Crippen molar-refractivity contribution in [1.82, 2.24) is 14.5 Å². The summed E-state index contributed by atoms with van der Waals surface area (Å²) in [6.07, 6.45) is 4.16. The van der Waals surface area contributed by atoms with E-state index in [1.54, 1.807) is 23.0 Å². The van der Waals surface area contributed by atoms with E-state index in [-0.39, 0.29) is 17.2 Å². The van der Waals surface area contributed by atoms with Gasteiger partial charge in [-0.2, -0.15) is 0 Å². The van der Waals surface area contributed by atoms with E-state index < -0.39 is 0 Å². The number of thiazole rings is 1. The standard InChI is InChI=1S/C28H26N4O3S3/c1-15-10-16(2)12-17(11-15)32-26(34)24-19-6-4-5-7-21(19)37-25(24)31-28(32)36-14-23(33)30-27-29-20-9-8-18(35-3)13-22(20)38-27/h8-13H,4-7,14H2,1-3H3,(H,29,30,33). The van der Waals surface area contributed by atoms with E-state index in [1.807, 2.05) is 44.2 Å². The van der Waals surface area contributed by atoms with Gasteiger partial charge in [-0.1, -0.05) is 29.2 Å². The van der Waals surface area contributed by atoms with Gasteiger partial charge in [0.25, 0.3) is 5.56 Å². The maximum Gasteiger partial charge on any atom is 0.267 e. The van der Waals surface area contributed by atoms with Crippen LogP contribution >= 0.6 is 34.4 Å². The lowest BCUT2D eigenvalue weighted by atomic mass is 9.97. The number of hydrogen-bond donors (Lipinski definition) is 1. The number of aromatic nitrogens is 3. The van der Waals surface area contributed by atoms with Gasteiger partial charge in [0.15, 0.2) is 10.3 Å². The minimum atomic E-state index is -0.201. The van der Waals surface area contributed by atoms with Crippen LogP contribution in [-0.2, 0) is 17.6 Å². The Morgan fingerprint density at radius 1 is 1.08 bits per heavy atom. The number of anilines is 1. The third kappa shape index (κ3) is 4.72. The van der Waals surface area contributed by atoms with Crippen LogP contribution in [0.3, 0.4) is 0 Å². The normalized spacial score (nSPS) is 13.1. The lowest BCUT2D eigenvalue weighted by Gasteiger charge is -2.14. The first-order chi connectivity index (χ1) is 18.4. The van der Waals surface area contributed by atoms with Gasteiger partial charge in [0.2, 0.25) is 5.91 Å². The first-order valence-electron chi connectivity index (χ1n) is 12.4. The number of rotatable bonds is 6. The molecule has 7 nitrogen and oxygen atoms in total. The Kier molecular flexibility index (Phi) is 6.71. The molecule has 0 saturated carbocycles. The molecule has 5 aromatic rings. The van der Waals surface area contributed by atoms with Gasteiger partial charge < -0.3 is 10.1 Å². The van der Waals surface area contributed by atoms with Crippen molar-refractivity contribution in [3.63, 3.8) is 0 Å². The van der Waals surface area contributed by atoms with Crippen molar-refractivity contribution in [3.05, 3.63) is 68.3 Å². The maximum atomic E-state index is 14.0. The molecule has 3 heterocycles. The zero-order valence-electron chi connectivity index (χ0n) is 21.3. The van der Waals surface area contributed by atoms with Crippen LogP contribution in [0.5, 0.6) is 5.75 Å². The molecule has 0 bridgehead atoms. The summed E-state index contributed by atoms with van der Waals surface area (Å²) < 4.78 is 7.90. The van der Waals surface area contributed by atoms with Crippen LogP contribution in [0.1, 0.15) is 34.4 Å². The van der Waals surface area contributed by atoms with Gasteiger partial charge in [0, 0.05) is 4.88 Å². The summed E-state index contributed by atoms with van der Waals surface area (Å²) in [5.74, 6) is 0.649. The van der Waals surface area contributed by atoms with Gasteiger partial charge >= 0.3 is 0 Å². The highest BCUT2D eigenvalue weighted by Gasteiger charge is 2.23. The quantitative estimate of drug-likeness (QED) is 0.193. The molecule has 3 aromatic heterocycles. The predicted molar refractivity (Wildman–Crippen MR) is 157 cm³/mol. The number of nitrogens with zero attached hydrogens (tertiary/aromatic N) is 3. The molecule has 0 unspecified atom stereocenters. The van der Waals surface area contributed by atoms with E-state index in [0.29, 0.717) is 10.3 Å². The summed E-state index contributed by atoms with van der Waals surface area (Å²) in [5.41, 5.74) is 4.83. The lowest BCUT2D eigenvalue weighted by molar-refractivity contribution is -0.113. The van der Waals surface area contributed by atoms with Gasteiger partial charge in [-0.25, -0.2) is 9.97 Å². The van der Waals surface area contributed by atoms with E-state index in [1.165, 1.54) is 28.0 Å². The van der Waals surface area contributed by atoms with Crippen LogP contribution in [0.4, 0.5) is 5.13 Å². The van der Waals surface area contributed by atoms with Crippen molar-refractivity contribution in [2.24, 2.45) is 0 Å². The predicted octanol–water partition coefficient (Wildman–Crippen LogP) is 6.29. The molecule has 0 atom stereocenters. The molecule has 6 rings (SSSR count). The molecule has 0 saturated heterocycles. The molecule has 0 spiro atoms. The number of benzene rings is 2. The number of carbonyl (C=O) groups excluding carboxylic acids is 1. The Morgan fingerprint density at radius 2 is 1.87 bits per heavy atom. The first-order valence-corrected chi connectivity index (χ1v) is 15.0. The minimum Gasteiger partial charge on any atom is -0.497 e. The second-order valence-electron chi connectivity index (χ2n) is 9.46. The number of methoxy groups -OCH3 is 1. The van der Waals surface area contributed by atoms with Gasteiger partial charge in [-0.15, -0.1) is 11.3 Å². The second-order valence-corrected chi connectivity index (χ2v) is 12.5. The zero-order chi connectivity index (χ0) is 26.4. The Balaban J connectivity index is 1.34. The average Bonchev–Trinajstić information content (AvgIpc) is 3.46. The lowest BCUT2D eigenvalue weighted by Crippen LogP contribution is -2.23. The molecule has 10 heteroatoms. The Bertz CT molecular complexity index is 1750. The number of nitrogens with one attached hydrogen (secondary N) is 1. The fourth-order valence-corrected chi connectivity index (χ4v) is 7.99. The van der Waals surface area contributed by atoms with Crippen LogP contribution in [0, 0.1) is 13.8 Å². The largest absolute Gasteiger partial charge is 0.497 e. The van der Waals surface area contributed by atoms with Gasteiger partial charge in [0.05, 0.1) is 34.2 Å². The topological polar surface area (TPSA) is 86.1 Å². The van der Waals surface area contributed by atoms with Crippen molar-refractivity contribution in [2.75, 3.05) is 18.2 Å².